The second-order valence-electron chi connectivity index (χ2n) is 6.38. The van der Waals surface area contributed by atoms with Gasteiger partial charge in [-0.15, -0.1) is 12.4 Å². The summed E-state index contributed by atoms with van der Waals surface area (Å²) in [7, 11) is 0. The topological polar surface area (TPSA) is 64.3 Å². The van der Waals surface area contributed by atoms with Gasteiger partial charge in [0.2, 0.25) is 5.91 Å². The highest BCUT2D eigenvalue weighted by Crippen LogP contribution is 2.17. The molecule has 4 nitrogen and oxygen atoms in total. The van der Waals surface area contributed by atoms with Gasteiger partial charge in [-0.1, -0.05) is 52.0 Å². The molecule has 5 heteroatoms. The molecule has 1 rings (SSSR count). The minimum Gasteiger partial charge on any atom is -0.377 e. The molecule has 0 saturated carbocycles. The predicted molar refractivity (Wildman–Crippen MR) is 92.9 cm³/mol. The van der Waals surface area contributed by atoms with Crippen molar-refractivity contribution in [2.75, 3.05) is 6.61 Å². The number of rotatable bonds is 7. The van der Waals surface area contributed by atoms with Crippen molar-refractivity contribution in [3.8, 4) is 0 Å². The van der Waals surface area contributed by atoms with Crippen LogP contribution in [0.2, 0.25) is 0 Å². The van der Waals surface area contributed by atoms with Crippen molar-refractivity contribution in [2.45, 2.75) is 53.3 Å². The molecular formula is C17H29ClN2O2. The first-order valence-corrected chi connectivity index (χ1v) is 7.54. The summed E-state index contributed by atoms with van der Waals surface area (Å²) >= 11 is 0. The fourth-order valence-electron chi connectivity index (χ4n) is 1.88. The van der Waals surface area contributed by atoms with Crippen LogP contribution in [-0.4, -0.2) is 18.6 Å². The molecule has 1 aromatic rings. The summed E-state index contributed by atoms with van der Waals surface area (Å²) in [4.78, 5) is 12.1. The van der Waals surface area contributed by atoms with Gasteiger partial charge in [-0.2, -0.15) is 0 Å². The molecular weight excluding hydrogens is 300 g/mol. The maximum atomic E-state index is 12.1. The molecule has 0 radical (unpaired) electrons. The molecule has 0 saturated heterocycles. The molecule has 1 atom stereocenters. The molecule has 22 heavy (non-hydrogen) atoms. The summed E-state index contributed by atoms with van der Waals surface area (Å²) in [5.74, 6) is -0.119. The lowest BCUT2D eigenvalue weighted by Crippen LogP contribution is -2.48. The number of benzene rings is 1. The Bertz CT molecular complexity index is 458. The Morgan fingerprint density at radius 2 is 1.86 bits per heavy atom. The Hall–Kier alpha value is -1.10. The summed E-state index contributed by atoms with van der Waals surface area (Å²) in [5, 5.41) is 2.92. The van der Waals surface area contributed by atoms with Crippen molar-refractivity contribution in [1.29, 1.82) is 0 Å². The van der Waals surface area contributed by atoms with Crippen molar-refractivity contribution in [1.82, 2.24) is 5.32 Å². The summed E-state index contributed by atoms with van der Waals surface area (Å²) in [6.07, 6.45) is 0.999. The molecule has 0 fully saturated rings. The van der Waals surface area contributed by atoms with E-state index < -0.39 is 6.04 Å². The van der Waals surface area contributed by atoms with Crippen LogP contribution < -0.4 is 11.1 Å². The van der Waals surface area contributed by atoms with Gasteiger partial charge in [0.1, 0.15) is 0 Å². The molecule has 1 amide bonds. The van der Waals surface area contributed by atoms with E-state index >= 15 is 0 Å². The molecule has 0 aliphatic heterocycles. The van der Waals surface area contributed by atoms with E-state index in [1.807, 2.05) is 45.0 Å². The van der Waals surface area contributed by atoms with E-state index in [9.17, 15) is 4.79 Å². The average molecular weight is 329 g/mol. The third-order valence-electron chi connectivity index (χ3n) is 3.39. The normalized spacial score (nSPS) is 12.4. The van der Waals surface area contributed by atoms with Gasteiger partial charge in [0.25, 0.3) is 0 Å². The zero-order valence-corrected chi connectivity index (χ0v) is 14.8. The van der Waals surface area contributed by atoms with Crippen molar-refractivity contribution in [3.63, 3.8) is 0 Å². The van der Waals surface area contributed by atoms with Gasteiger partial charge in [0.05, 0.1) is 12.6 Å². The van der Waals surface area contributed by atoms with E-state index in [-0.39, 0.29) is 23.7 Å². The quantitative estimate of drug-likeness (QED) is 0.756. The van der Waals surface area contributed by atoms with Crippen LogP contribution in [-0.2, 0) is 22.7 Å². The lowest BCUT2D eigenvalue weighted by Gasteiger charge is -2.26. The molecule has 0 bridgehead atoms. The highest BCUT2D eigenvalue weighted by molar-refractivity contribution is 5.85. The molecule has 1 aromatic carbocycles. The van der Waals surface area contributed by atoms with Gasteiger partial charge < -0.3 is 15.8 Å². The van der Waals surface area contributed by atoms with Crippen molar-refractivity contribution >= 4 is 18.3 Å². The number of hydrogen-bond donors (Lipinski definition) is 2. The lowest BCUT2D eigenvalue weighted by molar-refractivity contribution is -0.124. The molecule has 0 unspecified atom stereocenters. The molecule has 0 aliphatic rings. The number of halogens is 1. The van der Waals surface area contributed by atoms with Gasteiger partial charge in [-0.3, -0.25) is 4.79 Å². The Balaban J connectivity index is 0.00000441. The van der Waals surface area contributed by atoms with E-state index in [0.717, 1.165) is 24.2 Å². The van der Waals surface area contributed by atoms with Crippen LogP contribution in [0.3, 0.4) is 0 Å². The van der Waals surface area contributed by atoms with Crippen molar-refractivity contribution < 1.29 is 9.53 Å². The van der Waals surface area contributed by atoms with E-state index in [4.69, 9.17) is 10.5 Å². The van der Waals surface area contributed by atoms with E-state index in [2.05, 4.69) is 12.2 Å². The highest BCUT2D eigenvalue weighted by atomic mass is 35.5. The standard InChI is InChI=1S/C17H28N2O2.ClH/c1-5-10-21-12-14-9-7-6-8-13(14)11-19-16(20)15(18)17(2,3)4;/h6-9,15H,5,10-12,18H2,1-4H3,(H,19,20);1H/t15-;/m1./s1. The minimum atomic E-state index is -0.513. The zero-order valence-electron chi connectivity index (χ0n) is 14.0. The van der Waals surface area contributed by atoms with Crippen LogP contribution in [0.5, 0.6) is 0 Å². The second kappa shape index (κ2) is 9.82. The number of carbonyl (C=O) groups is 1. The number of ether oxygens (including phenoxy) is 1. The first-order chi connectivity index (χ1) is 9.86. The first-order valence-electron chi connectivity index (χ1n) is 7.54. The molecule has 126 valence electrons. The van der Waals surface area contributed by atoms with Gasteiger partial charge in [-0.25, -0.2) is 0 Å². The SMILES string of the molecule is CCCOCc1ccccc1CNC(=O)[C@@H](N)C(C)(C)C.Cl. The van der Waals surface area contributed by atoms with E-state index in [1.54, 1.807) is 0 Å². The number of amides is 1. The predicted octanol–water partition coefficient (Wildman–Crippen LogP) is 3.02. The van der Waals surface area contributed by atoms with Crippen LogP contribution >= 0.6 is 12.4 Å². The maximum Gasteiger partial charge on any atom is 0.237 e. The van der Waals surface area contributed by atoms with E-state index in [0.29, 0.717) is 13.2 Å². The minimum absolute atomic E-state index is 0. The maximum absolute atomic E-state index is 12.1. The summed E-state index contributed by atoms with van der Waals surface area (Å²) in [6, 6.07) is 7.47. The molecule has 3 N–H and O–H groups in total. The van der Waals surface area contributed by atoms with Gasteiger partial charge in [0.15, 0.2) is 0 Å². The van der Waals surface area contributed by atoms with Crippen molar-refractivity contribution in [2.24, 2.45) is 11.1 Å². The number of hydrogen-bond acceptors (Lipinski definition) is 3. The van der Waals surface area contributed by atoms with Crippen molar-refractivity contribution in [3.05, 3.63) is 35.4 Å². The van der Waals surface area contributed by atoms with Gasteiger partial charge >= 0.3 is 0 Å². The van der Waals surface area contributed by atoms with Crippen LogP contribution in [0.15, 0.2) is 24.3 Å². The summed E-state index contributed by atoms with van der Waals surface area (Å²) in [5.41, 5.74) is 7.90. The molecule has 0 spiro atoms. The summed E-state index contributed by atoms with van der Waals surface area (Å²) < 4.78 is 5.58. The average Bonchev–Trinajstić information content (AvgIpc) is 2.44. The highest BCUT2D eigenvalue weighted by Gasteiger charge is 2.27. The zero-order chi connectivity index (χ0) is 15.9. The van der Waals surface area contributed by atoms with Crippen LogP contribution in [0.25, 0.3) is 0 Å². The lowest BCUT2D eigenvalue weighted by atomic mass is 9.87. The molecule has 0 heterocycles. The first kappa shape index (κ1) is 20.9. The number of nitrogens with one attached hydrogen (secondary N) is 1. The Morgan fingerprint density at radius 1 is 1.27 bits per heavy atom. The third kappa shape index (κ3) is 6.77. The fraction of sp³-hybridized carbons (Fsp3) is 0.588. The Labute approximate surface area is 140 Å². The largest absolute Gasteiger partial charge is 0.377 e. The van der Waals surface area contributed by atoms with Crippen LogP contribution in [0.1, 0.15) is 45.2 Å². The van der Waals surface area contributed by atoms with Crippen LogP contribution in [0, 0.1) is 5.41 Å². The number of nitrogens with two attached hydrogens (primary N) is 1. The third-order valence-corrected chi connectivity index (χ3v) is 3.39. The Kier molecular flexibility index (Phi) is 9.33. The van der Waals surface area contributed by atoms with E-state index in [1.165, 1.54) is 0 Å². The smallest absolute Gasteiger partial charge is 0.237 e. The Morgan fingerprint density at radius 3 is 2.41 bits per heavy atom. The number of carbonyl (C=O) groups excluding carboxylic acids is 1. The summed E-state index contributed by atoms with van der Waals surface area (Å²) in [6.45, 7) is 9.77. The van der Waals surface area contributed by atoms with Crippen LogP contribution in [0.4, 0.5) is 0 Å². The second-order valence-corrected chi connectivity index (χ2v) is 6.38. The molecule has 0 aromatic heterocycles. The monoisotopic (exact) mass is 328 g/mol. The van der Waals surface area contributed by atoms with Gasteiger partial charge in [0, 0.05) is 13.2 Å². The molecule has 0 aliphatic carbocycles. The van der Waals surface area contributed by atoms with Gasteiger partial charge in [-0.05, 0) is 23.0 Å². The fourth-order valence-corrected chi connectivity index (χ4v) is 1.88.